The molecular formula is C17H21N3O. The van der Waals surface area contributed by atoms with Gasteiger partial charge in [0, 0.05) is 25.0 Å². The molecule has 1 N–H and O–H groups in total. The number of nitrogens with one attached hydrogen (secondary N) is 1. The zero-order valence-electron chi connectivity index (χ0n) is 12.6. The van der Waals surface area contributed by atoms with E-state index in [2.05, 4.69) is 5.32 Å². The molecule has 0 bridgehead atoms. The summed E-state index contributed by atoms with van der Waals surface area (Å²) in [7, 11) is 0. The van der Waals surface area contributed by atoms with Gasteiger partial charge < -0.3 is 10.2 Å². The number of amides is 1. The SMILES string of the molecule is Cc1ccc(C)c(N/C=C(/C#N)C(=O)N2CCCCC2)c1. The quantitative estimate of drug-likeness (QED) is 0.685. The van der Waals surface area contributed by atoms with Crippen molar-refractivity contribution in [2.75, 3.05) is 18.4 Å². The molecule has 1 saturated heterocycles. The van der Waals surface area contributed by atoms with E-state index in [0.717, 1.165) is 49.2 Å². The van der Waals surface area contributed by atoms with Gasteiger partial charge in [-0.25, -0.2) is 0 Å². The van der Waals surface area contributed by atoms with E-state index in [9.17, 15) is 10.1 Å². The Labute approximate surface area is 126 Å². The molecule has 110 valence electrons. The normalized spacial score (nSPS) is 15.5. The van der Waals surface area contributed by atoms with E-state index < -0.39 is 0 Å². The van der Waals surface area contributed by atoms with E-state index in [-0.39, 0.29) is 11.5 Å². The summed E-state index contributed by atoms with van der Waals surface area (Å²) >= 11 is 0. The third-order valence-electron chi connectivity index (χ3n) is 3.76. The average Bonchev–Trinajstić information content (AvgIpc) is 2.51. The molecule has 1 aliphatic heterocycles. The number of nitrogens with zero attached hydrogens (tertiary/aromatic N) is 2. The van der Waals surface area contributed by atoms with E-state index in [0.29, 0.717) is 0 Å². The van der Waals surface area contributed by atoms with Crippen molar-refractivity contribution >= 4 is 11.6 Å². The molecule has 0 radical (unpaired) electrons. The molecule has 0 unspecified atom stereocenters. The first-order chi connectivity index (χ1) is 10.1. The Balaban J connectivity index is 2.11. The van der Waals surface area contributed by atoms with Crippen LogP contribution in [0.5, 0.6) is 0 Å². The van der Waals surface area contributed by atoms with Gasteiger partial charge in [-0.3, -0.25) is 4.79 Å². The number of rotatable bonds is 3. The fourth-order valence-electron chi connectivity index (χ4n) is 2.45. The molecule has 1 heterocycles. The van der Waals surface area contributed by atoms with Gasteiger partial charge >= 0.3 is 0 Å². The number of anilines is 1. The molecule has 0 spiro atoms. The fraction of sp³-hybridized carbons (Fsp3) is 0.412. The van der Waals surface area contributed by atoms with Crippen molar-refractivity contribution in [3.8, 4) is 6.07 Å². The highest BCUT2D eigenvalue weighted by atomic mass is 16.2. The number of piperidine rings is 1. The van der Waals surface area contributed by atoms with Crippen LogP contribution in [0.1, 0.15) is 30.4 Å². The van der Waals surface area contributed by atoms with Crippen molar-refractivity contribution < 1.29 is 4.79 Å². The largest absolute Gasteiger partial charge is 0.360 e. The van der Waals surface area contributed by atoms with Crippen LogP contribution < -0.4 is 5.32 Å². The Kier molecular flexibility index (Phi) is 4.99. The van der Waals surface area contributed by atoms with Crippen molar-refractivity contribution in [2.24, 2.45) is 0 Å². The summed E-state index contributed by atoms with van der Waals surface area (Å²) in [4.78, 5) is 14.1. The van der Waals surface area contributed by atoms with Crippen LogP contribution in [0, 0.1) is 25.2 Å². The maximum absolute atomic E-state index is 12.3. The van der Waals surface area contributed by atoms with E-state index >= 15 is 0 Å². The van der Waals surface area contributed by atoms with Crippen LogP contribution in [-0.4, -0.2) is 23.9 Å². The zero-order valence-corrected chi connectivity index (χ0v) is 12.6. The molecule has 1 aromatic rings. The number of carbonyl (C=O) groups is 1. The minimum Gasteiger partial charge on any atom is -0.360 e. The van der Waals surface area contributed by atoms with Crippen LogP contribution in [0.15, 0.2) is 30.0 Å². The van der Waals surface area contributed by atoms with Gasteiger partial charge in [0.15, 0.2) is 0 Å². The van der Waals surface area contributed by atoms with E-state index in [1.165, 1.54) is 6.20 Å². The van der Waals surface area contributed by atoms with Gasteiger partial charge in [-0.2, -0.15) is 5.26 Å². The number of benzene rings is 1. The number of nitriles is 1. The maximum atomic E-state index is 12.3. The van der Waals surface area contributed by atoms with Crippen molar-refractivity contribution in [2.45, 2.75) is 33.1 Å². The molecule has 4 nitrogen and oxygen atoms in total. The second-order valence-electron chi connectivity index (χ2n) is 5.49. The Morgan fingerprint density at radius 3 is 2.67 bits per heavy atom. The minimum atomic E-state index is -0.171. The molecule has 2 rings (SSSR count). The molecular weight excluding hydrogens is 262 g/mol. The predicted octanol–water partition coefficient (Wildman–Crippen LogP) is 3.14. The summed E-state index contributed by atoms with van der Waals surface area (Å²) in [6.07, 6.45) is 4.73. The second-order valence-corrected chi connectivity index (χ2v) is 5.49. The van der Waals surface area contributed by atoms with Crippen molar-refractivity contribution in [3.63, 3.8) is 0 Å². The highest BCUT2D eigenvalue weighted by molar-refractivity contribution is 5.97. The van der Waals surface area contributed by atoms with E-state index in [1.54, 1.807) is 4.90 Å². The average molecular weight is 283 g/mol. The van der Waals surface area contributed by atoms with Crippen LogP contribution in [0.4, 0.5) is 5.69 Å². The summed E-state index contributed by atoms with van der Waals surface area (Å²) in [6, 6.07) is 8.07. The van der Waals surface area contributed by atoms with Crippen LogP contribution in [-0.2, 0) is 4.79 Å². The number of hydrogen-bond acceptors (Lipinski definition) is 3. The Morgan fingerprint density at radius 1 is 1.29 bits per heavy atom. The van der Waals surface area contributed by atoms with Crippen LogP contribution >= 0.6 is 0 Å². The van der Waals surface area contributed by atoms with Gasteiger partial charge in [0.1, 0.15) is 11.6 Å². The topological polar surface area (TPSA) is 56.1 Å². The molecule has 0 aliphatic carbocycles. The Morgan fingerprint density at radius 2 is 2.00 bits per heavy atom. The monoisotopic (exact) mass is 283 g/mol. The smallest absolute Gasteiger partial charge is 0.266 e. The Bertz CT molecular complexity index is 593. The lowest BCUT2D eigenvalue weighted by Gasteiger charge is -2.26. The standard InChI is InChI=1S/C17H21N3O/c1-13-6-7-14(2)16(10-13)19-12-15(11-18)17(21)20-8-4-3-5-9-20/h6-7,10,12,19H,3-5,8-9H2,1-2H3/b15-12-. The second kappa shape index (κ2) is 6.94. The highest BCUT2D eigenvalue weighted by Gasteiger charge is 2.20. The molecule has 1 aromatic carbocycles. The van der Waals surface area contributed by atoms with E-state index in [1.807, 2.05) is 38.1 Å². The van der Waals surface area contributed by atoms with E-state index in [4.69, 9.17) is 0 Å². The molecule has 1 aliphatic rings. The van der Waals surface area contributed by atoms with Gasteiger partial charge in [-0.05, 0) is 50.3 Å². The molecule has 0 saturated carbocycles. The maximum Gasteiger partial charge on any atom is 0.266 e. The first-order valence-electron chi connectivity index (χ1n) is 7.35. The summed E-state index contributed by atoms with van der Waals surface area (Å²) in [5.41, 5.74) is 3.31. The van der Waals surface area contributed by atoms with Crippen molar-refractivity contribution in [1.82, 2.24) is 4.90 Å². The van der Waals surface area contributed by atoms with Gasteiger partial charge in [-0.15, -0.1) is 0 Å². The molecule has 1 amide bonds. The lowest BCUT2D eigenvalue weighted by atomic mass is 10.1. The highest BCUT2D eigenvalue weighted by Crippen LogP contribution is 2.17. The van der Waals surface area contributed by atoms with Crippen molar-refractivity contribution in [3.05, 3.63) is 41.1 Å². The van der Waals surface area contributed by atoms with Crippen LogP contribution in [0.3, 0.4) is 0 Å². The van der Waals surface area contributed by atoms with Crippen LogP contribution in [0.2, 0.25) is 0 Å². The van der Waals surface area contributed by atoms with Crippen molar-refractivity contribution in [1.29, 1.82) is 5.26 Å². The number of likely N-dealkylation sites (tertiary alicyclic amines) is 1. The molecule has 4 heteroatoms. The fourth-order valence-corrected chi connectivity index (χ4v) is 2.45. The lowest BCUT2D eigenvalue weighted by Crippen LogP contribution is -2.36. The van der Waals surface area contributed by atoms with Gasteiger partial charge in [0.05, 0.1) is 0 Å². The summed E-state index contributed by atoms with van der Waals surface area (Å²) in [5.74, 6) is -0.171. The number of carbonyl (C=O) groups excluding carboxylic acids is 1. The van der Waals surface area contributed by atoms with Gasteiger partial charge in [0.25, 0.3) is 5.91 Å². The summed E-state index contributed by atoms with van der Waals surface area (Å²) < 4.78 is 0. The lowest BCUT2D eigenvalue weighted by molar-refractivity contribution is -0.127. The minimum absolute atomic E-state index is 0.165. The number of aryl methyl sites for hydroxylation is 2. The van der Waals surface area contributed by atoms with Crippen LogP contribution in [0.25, 0.3) is 0 Å². The first kappa shape index (κ1) is 15.1. The van der Waals surface area contributed by atoms with Gasteiger partial charge in [-0.1, -0.05) is 12.1 Å². The molecule has 21 heavy (non-hydrogen) atoms. The summed E-state index contributed by atoms with van der Waals surface area (Å²) in [5, 5.41) is 12.3. The predicted molar refractivity (Wildman–Crippen MR) is 83.7 cm³/mol. The first-order valence-corrected chi connectivity index (χ1v) is 7.35. The third kappa shape index (κ3) is 3.85. The zero-order chi connectivity index (χ0) is 15.2. The third-order valence-corrected chi connectivity index (χ3v) is 3.76. The molecule has 1 fully saturated rings. The Hall–Kier alpha value is -2.28. The number of hydrogen-bond donors (Lipinski definition) is 1. The van der Waals surface area contributed by atoms with Gasteiger partial charge in [0.2, 0.25) is 0 Å². The summed E-state index contributed by atoms with van der Waals surface area (Å²) in [6.45, 7) is 5.51. The molecule has 0 atom stereocenters. The molecule has 0 aromatic heterocycles.